The molecule has 3 nitrogen and oxygen atoms in total. The predicted molar refractivity (Wildman–Crippen MR) is 44.8 cm³/mol. The van der Waals surface area contributed by atoms with Crippen molar-refractivity contribution < 1.29 is 18.0 Å². The summed E-state index contributed by atoms with van der Waals surface area (Å²) in [6, 6.07) is -2.34. The molecule has 1 aliphatic heterocycles. The second-order valence-corrected chi connectivity index (χ2v) is 3.84. The highest BCUT2D eigenvalue weighted by Crippen LogP contribution is 2.24. The summed E-state index contributed by atoms with van der Waals surface area (Å²) in [5.74, 6) is 0.174. The molecule has 6 heteroatoms. The third-order valence-electron chi connectivity index (χ3n) is 1.97. The fourth-order valence-electron chi connectivity index (χ4n) is 1.37. The maximum atomic E-state index is 12.2. The maximum Gasteiger partial charge on any atom is 0.410 e. The Morgan fingerprint density at radius 3 is 2.50 bits per heavy atom. The van der Waals surface area contributed by atoms with Gasteiger partial charge in [-0.25, -0.2) is 4.79 Å². The molecule has 0 aliphatic carbocycles. The lowest BCUT2D eigenvalue weighted by atomic mass is 10.2. The van der Waals surface area contributed by atoms with E-state index < -0.39 is 18.2 Å². The first-order chi connectivity index (χ1) is 6.30. The first-order valence-electron chi connectivity index (χ1n) is 4.43. The van der Waals surface area contributed by atoms with Crippen LogP contribution in [0, 0.1) is 5.92 Å². The fourth-order valence-corrected chi connectivity index (χ4v) is 1.37. The monoisotopic (exact) mass is 210 g/mol. The summed E-state index contributed by atoms with van der Waals surface area (Å²) in [6.07, 6.45) is -4.35. The van der Waals surface area contributed by atoms with Crippen LogP contribution >= 0.6 is 0 Å². The molecule has 0 radical (unpaired) electrons. The van der Waals surface area contributed by atoms with E-state index in [2.05, 4.69) is 0 Å². The lowest BCUT2D eigenvalue weighted by molar-refractivity contribution is -0.149. The average molecular weight is 210 g/mol. The van der Waals surface area contributed by atoms with E-state index in [0.29, 0.717) is 6.54 Å². The largest absolute Gasteiger partial charge is 0.410 e. The van der Waals surface area contributed by atoms with Gasteiger partial charge < -0.3 is 10.2 Å². The summed E-state index contributed by atoms with van der Waals surface area (Å²) >= 11 is 0. The number of nitrogens with zero attached hydrogens (tertiary/aromatic N) is 1. The fraction of sp³-hybridized carbons (Fsp3) is 0.875. The van der Waals surface area contributed by atoms with Crippen LogP contribution in [0.25, 0.3) is 0 Å². The first kappa shape index (κ1) is 11.1. The normalized spacial score (nSPS) is 23.1. The molecule has 1 fully saturated rings. The van der Waals surface area contributed by atoms with E-state index in [-0.39, 0.29) is 12.5 Å². The van der Waals surface area contributed by atoms with E-state index in [9.17, 15) is 18.0 Å². The number of carbonyl (C=O) groups excluding carboxylic acids is 1. The topological polar surface area (TPSA) is 32.3 Å². The second-order valence-electron chi connectivity index (χ2n) is 3.84. The molecule has 1 saturated heterocycles. The maximum absolute atomic E-state index is 12.2. The van der Waals surface area contributed by atoms with E-state index in [1.165, 1.54) is 4.90 Å². The summed E-state index contributed by atoms with van der Waals surface area (Å²) in [6.45, 7) is 3.79. The summed E-state index contributed by atoms with van der Waals surface area (Å²) < 4.78 is 36.6. The van der Waals surface area contributed by atoms with Gasteiger partial charge in [-0.05, 0) is 5.92 Å². The minimum absolute atomic E-state index is 0.174. The number of carbonyl (C=O) groups is 1. The molecule has 1 atom stereocenters. The van der Waals surface area contributed by atoms with Crippen LogP contribution in [0.5, 0.6) is 0 Å². The number of rotatable bonds is 2. The Morgan fingerprint density at radius 1 is 1.57 bits per heavy atom. The van der Waals surface area contributed by atoms with Crippen molar-refractivity contribution in [3.05, 3.63) is 0 Å². The molecule has 0 bridgehead atoms. The Hall–Kier alpha value is -0.940. The molecule has 1 heterocycles. The number of amides is 2. The van der Waals surface area contributed by atoms with Gasteiger partial charge in [0.15, 0.2) is 0 Å². The standard InChI is InChI=1S/C8H13F3N2O/c1-5(2)3-13-4-6(8(9,10)11)12-7(13)14/h5-6H,3-4H2,1-2H3,(H,12,14)/t6-/m0/s1. The van der Waals surface area contributed by atoms with E-state index in [1.807, 2.05) is 19.2 Å². The molecular formula is C8H13F3N2O. The minimum Gasteiger partial charge on any atom is -0.324 e. The quantitative estimate of drug-likeness (QED) is 0.737. The number of halogens is 3. The number of hydrogen-bond acceptors (Lipinski definition) is 1. The Bertz CT molecular complexity index is 227. The van der Waals surface area contributed by atoms with Crippen LogP contribution in [0.2, 0.25) is 0 Å². The molecule has 82 valence electrons. The Labute approximate surface area is 80.3 Å². The van der Waals surface area contributed by atoms with Gasteiger partial charge in [0.25, 0.3) is 0 Å². The molecule has 1 aliphatic rings. The lowest BCUT2D eigenvalue weighted by Crippen LogP contribution is -2.40. The molecule has 0 saturated carbocycles. The summed E-state index contributed by atoms with van der Waals surface area (Å²) in [4.78, 5) is 12.3. The molecule has 0 aromatic carbocycles. The summed E-state index contributed by atoms with van der Waals surface area (Å²) in [5, 5.41) is 1.91. The third kappa shape index (κ3) is 2.52. The zero-order valence-corrected chi connectivity index (χ0v) is 8.06. The lowest BCUT2D eigenvalue weighted by Gasteiger charge is -2.17. The van der Waals surface area contributed by atoms with E-state index >= 15 is 0 Å². The molecule has 0 spiro atoms. The van der Waals surface area contributed by atoms with Crippen molar-refractivity contribution in [2.45, 2.75) is 26.1 Å². The number of hydrogen-bond donors (Lipinski definition) is 1. The van der Waals surface area contributed by atoms with Crippen molar-refractivity contribution in [2.75, 3.05) is 13.1 Å². The van der Waals surface area contributed by atoms with Crippen LogP contribution in [-0.4, -0.2) is 36.2 Å². The number of nitrogens with one attached hydrogen (secondary N) is 1. The van der Waals surface area contributed by atoms with Crippen molar-refractivity contribution >= 4 is 6.03 Å². The Balaban J connectivity index is 2.56. The summed E-state index contributed by atoms with van der Waals surface area (Å²) in [7, 11) is 0. The highest BCUT2D eigenvalue weighted by Gasteiger charge is 2.46. The van der Waals surface area contributed by atoms with Crippen molar-refractivity contribution in [1.82, 2.24) is 10.2 Å². The first-order valence-corrected chi connectivity index (χ1v) is 4.43. The Kier molecular flexibility index (Phi) is 2.92. The number of urea groups is 1. The van der Waals surface area contributed by atoms with Gasteiger partial charge in [0.2, 0.25) is 0 Å². The van der Waals surface area contributed by atoms with Crippen LogP contribution in [0.15, 0.2) is 0 Å². The number of alkyl halides is 3. The van der Waals surface area contributed by atoms with Crippen molar-refractivity contribution in [1.29, 1.82) is 0 Å². The second kappa shape index (κ2) is 3.67. The minimum atomic E-state index is -4.35. The van der Waals surface area contributed by atoms with Crippen LogP contribution < -0.4 is 5.32 Å². The van der Waals surface area contributed by atoms with E-state index in [1.54, 1.807) is 0 Å². The molecular weight excluding hydrogens is 197 g/mol. The van der Waals surface area contributed by atoms with Gasteiger partial charge in [-0.15, -0.1) is 0 Å². The van der Waals surface area contributed by atoms with Crippen LogP contribution in [0.1, 0.15) is 13.8 Å². The van der Waals surface area contributed by atoms with Crippen LogP contribution in [-0.2, 0) is 0 Å². The molecule has 0 aromatic rings. The van der Waals surface area contributed by atoms with Crippen molar-refractivity contribution in [2.24, 2.45) is 5.92 Å². The molecule has 2 amide bonds. The van der Waals surface area contributed by atoms with Gasteiger partial charge in [-0.2, -0.15) is 13.2 Å². The zero-order valence-electron chi connectivity index (χ0n) is 8.06. The van der Waals surface area contributed by atoms with E-state index in [4.69, 9.17) is 0 Å². The highest BCUT2D eigenvalue weighted by molar-refractivity contribution is 5.77. The van der Waals surface area contributed by atoms with Gasteiger partial charge in [-0.3, -0.25) is 0 Å². The van der Waals surface area contributed by atoms with Crippen molar-refractivity contribution in [3.63, 3.8) is 0 Å². The smallest absolute Gasteiger partial charge is 0.324 e. The van der Waals surface area contributed by atoms with Gasteiger partial charge in [-0.1, -0.05) is 13.8 Å². The van der Waals surface area contributed by atoms with Gasteiger partial charge in [0, 0.05) is 6.54 Å². The SMILES string of the molecule is CC(C)CN1C[C@@H](C(F)(F)F)NC1=O. The summed E-state index contributed by atoms with van der Waals surface area (Å²) in [5.41, 5.74) is 0. The predicted octanol–water partition coefficient (Wildman–Crippen LogP) is 1.60. The zero-order chi connectivity index (χ0) is 10.9. The van der Waals surface area contributed by atoms with Crippen LogP contribution in [0.3, 0.4) is 0 Å². The average Bonchev–Trinajstić information content (AvgIpc) is 2.30. The molecule has 0 unspecified atom stereocenters. The molecule has 1 rings (SSSR count). The van der Waals surface area contributed by atoms with Gasteiger partial charge in [0.1, 0.15) is 6.04 Å². The van der Waals surface area contributed by atoms with E-state index in [0.717, 1.165) is 0 Å². The van der Waals surface area contributed by atoms with Crippen LogP contribution in [0.4, 0.5) is 18.0 Å². The third-order valence-corrected chi connectivity index (χ3v) is 1.97. The van der Waals surface area contributed by atoms with Gasteiger partial charge >= 0.3 is 12.2 Å². The molecule has 14 heavy (non-hydrogen) atoms. The highest BCUT2D eigenvalue weighted by atomic mass is 19.4. The Morgan fingerprint density at radius 2 is 2.14 bits per heavy atom. The molecule has 1 N–H and O–H groups in total. The van der Waals surface area contributed by atoms with Crippen molar-refractivity contribution in [3.8, 4) is 0 Å². The van der Waals surface area contributed by atoms with Gasteiger partial charge in [0.05, 0.1) is 6.54 Å². The molecule has 0 aromatic heterocycles.